The molecule has 0 unspecified atom stereocenters. The standard InChI is InChI=1S/C19H26N4OS/c1-15-6-7-16(13-17(15)24-3)14-21-19(20-2)23-10-8-22(9-11-23)18-5-4-12-25-18/h4-7,12-13H,8-11,14H2,1-3H3,(H,20,21). The Balaban J connectivity index is 1.55. The first-order valence-electron chi connectivity index (χ1n) is 8.59. The van der Waals surface area contributed by atoms with E-state index in [9.17, 15) is 0 Å². The molecule has 0 aliphatic carbocycles. The Morgan fingerprint density at radius 2 is 2.04 bits per heavy atom. The van der Waals surface area contributed by atoms with Gasteiger partial charge in [0.15, 0.2) is 5.96 Å². The molecule has 134 valence electrons. The number of hydrogen-bond acceptors (Lipinski definition) is 4. The van der Waals surface area contributed by atoms with Gasteiger partial charge in [0.1, 0.15) is 5.75 Å². The molecule has 1 aromatic heterocycles. The van der Waals surface area contributed by atoms with Gasteiger partial charge in [0, 0.05) is 39.8 Å². The Morgan fingerprint density at radius 3 is 2.68 bits per heavy atom. The number of aryl methyl sites for hydroxylation is 1. The number of rotatable bonds is 4. The Labute approximate surface area is 153 Å². The van der Waals surface area contributed by atoms with Crippen LogP contribution >= 0.6 is 11.3 Å². The predicted molar refractivity (Wildman–Crippen MR) is 106 cm³/mol. The van der Waals surface area contributed by atoms with E-state index in [-0.39, 0.29) is 0 Å². The number of aliphatic imine (C=N–C) groups is 1. The molecule has 2 heterocycles. The van der Waals surface area contributed by atoms with Crippen LogP contribution in [0.5, 0.6) is 5.75 Å². The lowest BCUT2D eigenvalue weighted by Crippen LogP contribution is -2.52. The lowest BCUT2D eigenvalue weighted by Gasteiger charge is -2.37. The van der Waals surface area contributed by atoms with Gasteiger partial charge in [-0.25, -0.2) is 0 Å². The van der Waals surface area contributed by atoms with Crippen LogP contribution in [0.4, 0.5) is 5.00 Å². The molecule has 6 heteroatoms. The van der Waals surface area contributed by atoms with Gasteiger partial charge in [-0.2, -0.15) is 0 Å². The van der Waals surface area contributed by atoms with Crippen LogP contribution in [0, 0.1) is 6.92 Å². The second-order valence-corrected chi connectivity index (χ2v) is 7.06. The van der Waals surface area contributed by atoms with Crippen LogP contribution in [0.1, 0.15) is 11.1 Å². The maximum absolute atomic E-state index is 5.41. The molecule has 2 aromatic rings. The number of nitrogens with zero attached hydrogens (tertiary/aromatic N) is 3. The average molecular weight is 359 g/mol. The van der Waals surface area contributed by atoms with Gasteiger partial charge >= 0.3 is 0 Å². The van der Waals surface area contributed by atoms with E-state index in [2.05, 4.69) is 62.7 Å². The summed E-state index contributed by atoms with van der Waals surface area (Å²) in [5, 5.41) is 6.97. The maximum Gasteiger partial charge on any atom is 0.194 e. The number of thiophene rings is 1. The van der Waals surface area contributed by atoms with Gasteiger partial charge in [-0.05, 0) is 41.6 Å². The fraction of sp³-hybridized carbons (Fsp3) is 0.421. The molecule has 1 saturated heterocycles. The van der Waals surface area contributed by atoms with Crippen LogP contribution in [-0.4, -0.2) is 51.2 Å². The summed E-state index contributed by atoms with van der Waals surface area (Å²) in [6.07, 6.45) is 0. The summed E-state index contributed by atoms with van der Waals surface area (Å²) in [7, 11) is 3.56. The zero-order valence-corrected chi connectivity index (χ0v) is 16.0. The summed E-state index contributed by atoms with van der Waals surface area (Å²) in [6, 6.07) is 10.6. The molecule has 0 radical (unpaired) electrons. The van der Waals surface area contributed by atoms with Crippen molar-refractivity contribution in [1.29, 1.82) is 0 Å². The maximum atomic E-state index is 5.41. The van der Waals surface area contributed by atoms with Crippen molar-refractivity contribution in [3.63, 3.8) is 0 Å². The minimum Gasteiger partial charge on any atom is -0.496 e. The Morgan fingerprint density at radius 1 is 1.24 bits per heavy atom. The summed E-state index contributed by atoms with van der Waals surface area (Å²) in [5.41, 5.74) is 2.35. The van der Waals surface area contributed by atoms with Gasteiger partial charge in [0.25, 0.3) is 0 Å². The lowest BCUT2D eigenvalue weighted by molar-refractivity contribution is 0.373. The van der Waals surface area contributed by atoms with Gasteiger partial charge in [0.05, 0.1) is 12.1 Å². The molecule has 25 heavy (non-hydrogen) atoms. The molecule has 1 fully saturated rings. The summed E-state index contributed by atoms with van der Waals surface area (Å²) in [5.74, 6) is 1.89. The second-order valence-electron chi connectivity index (χ2n) is 6.13. The third-order valence-electron chi connectivity index (χ3n) is 4.53. The molecule has 1 aliphatic heterocycles. The van der Waals surface area contributed by atoms with Crippen molar-refractivity contribution in [3.05, 3.63) is 46.8 Å². The first-order chi connectivity index (χ1) is 12.2. The summed E-state index contributed by atoms with van der Waals surface area (Å²) in [4.78, 5) is 9.23. The second kappa shape index (κ2) is 8.25. The largest absolute Gasteiger partial charge is 0.496 e. The van der Waals surface area contributed by atoms with Crippen LogP contribution in [-0.2, 0) is 6.54 Å². The van der Waals surface area contributed by atoms with E-state index in [1.807, 2.05) is 7.05 Å². The minimum absolute atomic E-state index is 0.744. The van der Waals surface area contributed by atoms with Gasteiger partial charge in [-0.15, -0.1) is 11.3 Å². The molecule has 1 aliphatic rings. The summed E-state index contributed by atoms with van der Waals surface area (Å²) < 4.78 is 5.41. The van der Waals surface area contributed by atoms with Crippen LogP contribution < -0.4 is 15.0 Å². The zero-order chi connectivity index (χ0) is 17.6. The van der Waals surface area contributed by atoms with E-state index < -0.39 is 0 Å². The molecule has 0 amide bonds. The Bertz CT molecular complexity index is 706. The van der Waals surface area contributed by atoms with Crippen LogP contribution in [0.3, 0.4) is 0 Å². The predicted octanol–water partition coefficient (Wildman–Crippen LogP) is 2.96. The number of hydrogen-bond donors (Lipinski definition) is 1. The van der Waals surface area contributed by atoms with Gasteiger partial charge in [-0.3, -0.25) is 4.99 Å². The molecule has 0 atom stereocenters. The highest BCUT2D eigenvalue weighted by Gasteiger charge is 2.20. The van der Waals surface area contributed by atoms with E-state index in [4.69, 9.17) is 4.74 Å². The van der Waals surface area contributed by atoms with E-state index >= 15 is 0 Å². The van der Waals surface area contributed by atoms with Crippen molar-refractivity contribution in [2.45, 2.75) is 13.5 Å². The number of benzene rings is 1. The molecular weight excluding hydrogens is 332 g/mol. The zero-order valence-electron chi connectivity index (χ0n) is 15.2. The highest BCUT2D eigenvalue weighted by atomic mass is 32.1. The van der Waals surface area contributed by atoms with Crippen molar-refractivity contribution in [3.8, 4) is 5.75 Å². The smallest absolute Gasteiger partial charge is 0.194 e. The average Bonchev–Trinajstić information content (AvgIpc) is 3.18. The van der Waals surface area contributed by atoms with Gasteiger partial charge in [-0.1, -0.05) is 12.1 Å². The molecule has 3 rings (SSSR count). The van der Waals surface area contributed by atoms with Crippen LogP contribution in [0.25, 0.3) is 0 Å². The number of piperazine rings is 1. The first-order valence-corrected chi connectivity index (χ1v) is 9.47. The summed E-state index contributed by atoms with van der Waals surface area (Å²) in [6.45, 7) is 6.82. The van der Waals surface area contributed by atoms with Crippen molar-refractivity contribution in [2.75, 3.05) is 45.2 Å². The highest BCUT2D eigenvalue weighted by molar-refractivity contribution is 7.14. The molecule has 0 bridgehead atoms. The SMILES string of the molecule is CN=C(NCc1ccc(C)c(OC)c1)N1CCN(c2cccs2)CC1. The molecule has 0 saturated carbocycles. The topological polar surface area (TPSA) is 40.1 Å². The van der Waals surface area contributed by atoms with Gasteiger partial charge < -0.3 is 19.9 Å². The molecule has 5 nitrogen and oxygen atoms in total. The van der Waals surface area contributed by atoms with E-state index in [1.165, 1.54) is 10.6 Å². The fourth-order valence-electron chi connectivity index (χ4n) is 3.08. The number of guanidine groups is 1. The molecule has 1 aromatic carbocycles. The lowest BCUT2D eigenvalue weighted by atomic mass is 10.1. The molecular formula is C19H26N4OS. The van der Waals surface area contributed by atoms with E-state index in [0.29, 0.717) is 0 Å². The van der Waals surface area contributed by atoms with Gasteiger partial charge in [0.2, 0.25) is 0 Å². The molecule has 1 N–H and O–H groups in total. The summed E-state index contributed by atoms with van der Waals surface area (Å²) >= 11 is 1.81. The van der Waals surface area contributed by atoms with Crippen molar-refractivity contribution in [2.24, 2.45) is 4.99 Å². The van der Waals surface area contributed by atoms with Crippen LogP contribution in [0.15, 0.2) is 40.7 Å². The Kier molecular flexibility index (Phi) is 5.81. The Hall–Kier alpha value is -2.21. The number of nitrogens with one attached hydrogen (secondary N) is 1. The van der Waals surface area contributed by atoms with Crippen molar-refractivity contribution >= 4 is 22.3 Å². The first kappa shape index (κ1) is 17.6. The number of anilines is 1. The third kappa shape index (κ3) is 4.25. The number of methoxy groups -OCH3 is 1. The quantitative estimate of drug-likeness (QED) is 0.674. The number of ether oxygens (including phenoxy) is 1. The fourth-order valence-corrected chi connectivity index (χ4v) is 3.86. The monoisotopic (exact) mass is 358 g/mol. The van der Waals surface area contributed by atoms with E-state index in [1.54, 1.807) is 18.4 Å². The normalized spacial score (nSPS) is 15.4. The molecule has 0 spiro atoms. The third-order valence-corrected chi connectivity index (χ3v) is 5.46. The minimum atomic E-state index is 0.744. The highest BCUT2D eigenvalue weighted by Crippen LogP contribution is 2.22. The van der Waals surface area contributed by atoms with E-state index in [0.717, 1.165) is 50.0 Å². The van der Waals surface area contributed by atoms with Crippen LogP contribution in [0.2, 0.25) is 0 Å². The van der Waals surface area contributed by atoms with Crippen molar-refractivity contribution < 1.29 is 4.74 Å². The van der Waals surface area contributed by atoms with Crippen molar-refractivity contribution in [1.82, 2.24) is 10.2 Å².